The molecule has 0 fully saturated rings. The summed E-state index contributed by atoms with van der Waals surface area (Å²) < 4.78 is 5.24. The SMILES string of the molecule is CCCC(O)CNc1nccc2ccc(OC)cc12. The molecular weight excluding hydrogens is 240 g/mol. The van der Waals surface area contributed by atoms with E-state index in [1.807, 2.05) is 24.3 Å². The van der Waals surface area contributed by atoms with Gasteiger partial charge in [0, 0.05) is 18.1 Å². The van der Waals surface area contributed by atoms with Crippen LogP contribution in [0.15, 0.2) is 30.5 Å². The maximum atomic E-state index is 9.77. The third-order valence-corrected chi connectivity index (χ3v) is 3.10. The van der Waals surface area contributed by atoms with Crippen molar-refractivity contribution in [2.75, 3.05) is 19.0 Å². The third-order valence-electron chi connectivity index (χ3n) is 3.10. The van der Waals surface area contributed by atoms with Crippen molar-refractivity contribution in [3.63, 3.8) is 0 Å². The molecule has 0 aliphatic carbocycles. The summed E-state index contributed by atoms with van der Waals surface area (Å²) in [5.41, 5.74) is 0. The first-order valence-electron chi connectivity index (χ1n) is 6.59. The Balaban J connectivity index is 2.22. The Morgan fingerprint density at radius 3 is 2.95 bits per heavy atom. The number of methoxy groups -OCH3 is 1. The van der Waals surface area contributed by atoms with Gasteiger partial charge in [-0.05, 0) is 30.0 Å². The molecule has 0 aliphatic rings. The van der Waals surface area contributed by atoms with E-state index in [1.54, 1.807) is 13.3 Å². The summed E-state index contributed by atoms with van der Waals surface area (Å²) >= 11 is 0. The monoisotopic (exact) mass is 260 g/mol. The molecular formula is C15H20N2O2. The number of rotatable bonds is 6. The molecule has 2 aromatic rings. The molecule has 1 aromatic heterocycles. The van der Waals surface area contributed by atoms with Gasteiger partial charge < -0.3 is 15.2 Å². The van der Waals surface area contributed by atoms with Crippen molar-refractivity contribution < 1.29 is 9.84 Å². The van der Waals surface area contributed by atoms with E-state index in [0.717, 1.165) is 35.2 Å². The number of hydrogen-bond donors (Lipinski definition) is 2. The Morgan fingerprint density at radius 2 is 2.21 bits per heavy atom. The van der Waals surface area contributed by atoms with Crippen molar-refractivity contribution in [3.8, 4) is 5.75 Å². The zero-order valence-electron chi connectivity index (χ0n) is 11.4. The summed E-state index contributed by atoms with van der Waals surface area (Å²) in [6, 6.07) is 7.85. The lowest BCUT2D eigenvalue weighted by atomic mass is 10.1. The van der Waals surface area contributed by atoms with E-state index in [1.165, 1.54) is 0 Å². The molecule has 4 nitrogen and oxygen atoms in total. The fourth-order valence-corrected chi connectivity index (χ4v) is 2.07. The van der Waals surface area contributed by atoms with Gasteiger partial charge in [-0.15, -0.1) is 0 Å². The molecule has 0 radical (unpaired) electrons. The van der Waals surface area contributed by atoms with Crippen LogP contribution in [0.3, 0.4) is 0 Å². The molecule has 19 heavy (non-hydrogen) atoms. The van der Waals surface area contributed by atoms with Crippen LogP contribution >= 0.6 is 0 Å². The van der Waals surface area contributed by atoms with Crippen LogP contribution in [0.5, 0.6) is 5.75 Å². The summed E-state index contributed by atoms with van der Waals surface area (Å²) in [6.45, 7) is 2.57. The number of nitrogens with one attached hydrogen (secondary N) is 1. The highest BCUT2D eigenvalue weighted by Crippen LogP contribution is 2.25. The second-order valence-corrected chi connectivity index (χ2v) is 4.57. The highest BCUT2D eigenvalue weighted by molar-refractivity contribution is 5.92. The molecule has 0 saturated heterocycles. The van der Waals surface area contributed by atoms with Gasteiger partial charge in [-0.3, -0.25) is 0 Å². The second-order valence-electron chi connectivity index (χ2n) is 4.57. The third kappa shape index (κ3) is 3.35. The maximum absolute atomic E-state index is 9.77. The van der Waals surface area contributed by atoms with Gasteiger partial charge in [0.2, 0.25) is 0 Å². The predicted molar refractivity (Wildman–Crippen MR) is 77.7 cm³/mol. The van der Waals surface area contributed by atoms with Gasteiger partial charge in [-0.1, -0.05) is 19.4 Å². The standard InChI is InChI=1S/C15H20N2O2/c1-3-4-12(18)10-17-15-14-9-13(19-2)6-5-11(14)7-8-16-15/h5-9,12,18H,3-4,10H2,1-2H3,(H,16,17). The highest BCUT2D eigenvalue weighted by atomic mass is 16.5. The van der Waals surface area contributed by atoms with Crippen LogP contribution in [0, 0.1) is 0 Å². The topological polar surface area (TPSA) is 54.4 Å². The van der Waals surface area contributed by atoms with Crippen LogP contribution in [0.25, 0.3) is 10.8 Å². The molecule has 0 aliphatic heterocycles. The average molecular weight is 260 g/mol. The molecule has 0 bridgehead atoms. The maximum Gasteiger partial charge on any atom is 0.134 e. The average Bonchev–Trinajstić information content (AvgIpc) is 2.44. The number of aliphatic hydroxyl groups excluding tert-OH is 1. The van der Waals surface area contributed by atoms with E-state index in [0.29, 0.717) is 6.54 Å². The van der Waals surface area contributed by atoms with Gasteiger partial charge in [-0.2, -0.15) is 0 Å². The zero-order chi connectivity index (χ0) is 13.7. The van der Waals surface area contributed by atoms with E-state index >= 15 is 0 Å². The van der Waals surface area contributed by atoms with Crippen LogP contribution < -0.4 is 10.1 Å². The quantitative estimate of drug-likeness (QED) is 0.838. The lowest BCUT2D eigenvalue weighted by molar-refractivity contribution is 0.176. The van der Waals surface area contributed by atoms with Crippen LogP contribution in [-0.2, 0) is 0 Å². The van der Waals surface area contributed by atoms with E-state index in [9.17, 15) is 5.11 Å². The number of hydrogen-bond acceptors (Lipinski definition) is 4. The van der Waals surface area contributed by atoms with Gasteiger partial charge in [0.15, 0.2) is 0 Å². The number of anilines is 1. The van der Waals surface area contributed by atoms with Gasteiger partial charge in [0.05, 0.1) is 13.2 Å². The second kappa shape index (κ2) is 6.38. The highest BCUT2D eigenvalue weighted by Gasteiger charge is 2.06. The number of ether oxygens (including phenoxy) is 1. The molecule has 1 aromatic carbocycles. The van der Waals surface area contributed by atoms with Crippen LogP contribution in [0.1, 0.15) is 19.8 Å². The minimum absolute atomic E-state index is 0.340. The lowest BCUT2D eigenvalue weighted by Gasteiger charge is -2.13. The van der Waals surface area contributed by atoms with Gasteiger partial charge >= 0.3 is 0 Å². The van der Waals surface area contributed by atoms with Gasteiger partial charge in [0.25, 0.3) is 0 Å². The Morgan fingerprint density at radius 1 is 1.37 bits per heavy atom. The van der Waals surface area contributed by atoms with Crippen molar-refractivity contribution in [3.05, 3.63) is 30.5 Å². The minimum Gasteiger partial charge on any atom is -0.497 e. The number of nitrogens with zero attached hydrogens (tertiary/aromatic N) is 1. The zero-order valence-corrected chi connectivity index (χ0v) is 11.4. The van der Waals surface area contributed by atoms with E-state index in [-0.39, 0.29) is 6.10 Å². The molecule has 0 saturated carbocycles. The fourth-order valence-electron chi connectivity index (χ4n) is 2.07. The van der Waals surface area contributed by atoms with Crippen LogP contribution in [-0.4, -0.2) is 29.8 Å². The summed E-state index contributed by atoms with van der Waals surface area (Å²) in [5, 5.41) is 15.1. The predicted octanol–water partition coefficient (Wildman–Crippen LogP) is 2.82. The Hall–Kier alpha value is -1.81. The van der Waals surface area contributed by atoms with Crippen LogP contribution in [0.4, 0.5) is 5.82 Å². The van der Waals surface area contributed by atoms with Crippen molar-refractivity contribution in [2.24, 2.45) is 0 Å². The Labute approximate surface area is 113 Å². The molecule has 0 spiro atoms. The number of aliphatic hydroxyl groups is 1. The van der Waals surface area contributed by atoms with Crippen molar-refractivity contribution >= 4 is 16.6 Å². The lowest BCUT2D eigenvalue weighted by Crippen LogP contribution is -2.19. The van der Waals surface area contributed by atoms with Gasteiger partial charge in [-0.25, -0.2) is 4.98 Å². The molecule has 0 amide bonds. The van der Waals surface area contributed by atoms with Crippen molar-refractivity contribution in [2.45, 2.75) is 25.9 Å². The normalized spacial score (nSPS) is 12.4. The van der Waals surface area contributed by atoms with Gasteiger partial charge in [0.1, 0.15) is 11.6 Å². The molecule has 1 unspecified atom stereocenters. The summed E-state index contributed by atoms with van der Waals surface area (Å²) in [5.74, 6) is 1.59. The van der Waals surface area contributed by atoms with Crippen LogP contribution in [0.2, 0.25) is 0 Å². The minimum atomic E-state index is -0.340. The van der Waals surface area contributed by atoms with E-state index < -0.39 is 0 Å². The molecule has 2 N–H and O–H groups in total. The number of pyridine rings is 1. The first-order valence-corrected chi connectivity index (χ1v) is 6.59. The Kier molecular flexibility index (Phi) is 4.58. The van der Waals surface area contributed by atoms with E-state index in [4.69, 9.17) is 4.74 Å². The summed E-state index contributed by atoms with van der Waals surface area (Å²) in [7, 11) is 1.65. The van der Waals surface area contributed by atoms with Crippen molar-refractivity contribution in [1.29, 1.82) is 0 Å². The fraction of sp³-hybridized carbons (Fsp3) is 0.400. The molecule has 102 valence electrons. The first-order chi connectivity index (χ1) is 9.24. The molecule has 4 heteroatoms. The molecule has 2 rings (SSSR count). The van der Waals surface area contributed by atoms with E-state index in [2.05, 4.69) is 17.2 Å². The largest absolute Gasteiger partial charge is 0.497 e. The summed E-state index contributed by atoms with van der Waals surface area (Å²) in [4.78, 5) is 4.34. The first kappa shape index (κ1) is 13.6. The number of benzene rings is 1. The summed E-state index contributed by atoms with van der Waals surface area (Å²) in [6.07, 6.45) is 3.19. The smallest absolute Gasteiger partial charge is 0.134 e. The number of fused-ring (bicyclic) bond motifs is 1. The molecule has 1 heterocycles. The molecule has 1 atom stereocenters. The van der Waals surface area contributed by atoms with Crippen molar-refractivity contribution in [1.82, 2.24) is 4.98 Å². The number of aromatic nitrogens is 1. The Bertz CT molecular complexity index is 543.